The Kier molecular flexibility index (Phi) is 4.99. The highest BCUT2D eigenvalue weighted by Crippen LogP contribution is 2.37. The van der Waals surface area contributed by atoms with Crippen molar-refractivity contribution >= 4 is 23.1 Å². The monoisotopic (exact) mass is 392 g/mol. The molecule has 2 aliphatic rings. The van der Waals surface area contributed by atoms with Crippen molar-refractivity contribution in [2.75, 3.05) is 18.0 Å². The molecule has 0 aliphatic carbocycles. The van der Waals surface area contributed by atoms with E-state index in [2.05, 4.69) is 6.92 Å². The number of hydrogen-bond donors (Lipinski definition) is 0. The minimum absolute atomic E-state index is 0.294. The number of halogens is 1. The van der Waals surface area contributed by atoms with E-state index in [4.69, 9.17) is 0 Å². The van der Waals surface area contributed by atoms with Crippen LogP contribution in [0.25, 0.3) is 5.57 Å². The zero-order chi connectivity index (χ0) is 20.7. The van der Waals surface area contributed by atoms with Crippen LogP contribution >= 0.6 is 0 Å². The van der Waals surface area contributed by atoms with E-state index in [1.165, 1.54) is 17.0 Å². The fourth-order valence-corrected chi connectivity index (χ4v) is 4.12. The van der Waals surface area contributed by atoms with Gasteiger partial charge < -0.3 is 4.90 Å². The Morgan fingerprint density at radius 1 is 0.931 bits per heavy atom. The molecule has 0 spiro atoms. The highest BCUT2D eigenvalue weighted by Gasteiger charge is 2.43. The number of piperidine rings is 1. The Balaban J connectivity index is 1.83. The minimum atomic E-state index is -0.370. The molecule has 0 N–H and O–H groups in total. The number of hydrogen-bond acceptors (Lipinski definition) is 3. The quantitative estimate of drug-likeness (QED) is 0.724. The average Bonchev–Trinajstić information content (AvgIpc) is 2.96. The first-order chi connectivity index (χ1) is 13.9. The Morgan fingerprint density at radius 3 is 2.24 bits per heavy atom. The highest BCUT2D eigenvalue weighted by molar-refractivity contribution is 6.45. The van der Waals surface area contributed by atoms with Gasteiger partial charge in [-0.15, -0.1) is 0 Å². The number of aryl methyl sites for hydroxylation is 1. The van der Waals surface area contributed by atoms with Crippen LogP contribution in [0.1, 0.15) is 36.5 Å². The Hall–Kier alpha value is -2.95. The molecule has 1 saturated heterocycles. The predicted octanol–water partition coefficient (Wildman–Crippen LogP) is 4.46. The zero-order valence-electron chi connectivity index (χ0n) is 17.0. The van der Waals surface area contributed by atoms with E-state index in [-0.39, 0.29) is 17.6 Å². The van der Waals surface area contributed by atoms with Gasteiger partial charge in [-0.25, -0.2) is 9.29 Å². The minimum Gasteiger partial charge on any atom is -0.366 e. The fraction of sp³-hybridized carbons (Fsp3) is 0.333. The topological polar surface area (TPSA) is 40.6 Å². The Morgan fingerprint density at radius 2 is 1.59 bits per heavy atom. The van der Waals surface area contributed by atoms with Gasteiger partial charge in [0.05, 0.1) is 11.3 Å². The fourth-order valence-electron chi connectivity index (χ4n) is 4.12. The van der Waals surface area contributed by atoms with Crippen molar-refractivity contribution in [3.8, 4) is 0 Å². The van der Waals surface area contributed by atoms with Gasteiger partial charge in [-0.1, -0.05) is 31.2 Å². The van der Waals surface area contributed by atoms with E-state index < -0.39 is 0 Å². The first-order valence-corrected chi connectivity index (χ1v) is 10.1. The maximum absolute atomic E-state index is 13.5. The van der Waals surface area contributed by atoms with Crippen molar-refractivity contribution < 1.29 is 14.0 Å². The lowest BCUT2D eigenvalue weighted by atomic mass is 9.97. The van der Waals surface area contributed by atoms with Crippen LogP contribution in [-0.2, 0) is 9.59 Å². The Labute approximate surface area is 170 Å². The molecule has 2 aromatic carbocycles. The molecule has 2 heterocycles. The number of nitrogens with zero attached hydrogens (tertiary/aromatic N) is 2. The molecule has 150 valence electrons. The van der Waals surface area contributed by atoms with Crippen LogP contribution in [-0.4, -0.2) is 29.8 Å². The third-order valence-corrected chi connectivity index (χ3v) is 6.11. The maximum atomic E-state index is 13.5. The summed E-state index contributed by atoms with van der Waals surface area (Å²) in [5.74, 6) is -0.407. The molecule has 0 aromatic heterocycles. The van der Waals surface area contributed by atoms with Crippen molar-refractivity contribution in [1.82, 2.24) is 4.90 Å². The summed E-state index contributed by atoms with van der Waals surface area (Å²) in [4.78, 5) is 30.4. The van der Waals surface area contributed by atoms with Crippen LogP contribution in [0.15, 0.2) is 48.2 Å². The van der Waals surface area contributed by atoms with Crippen molar-refractivity contribution in [2.45, 2.75) is 33.6 Å². The van der Waals surface area contributed by atoms with Gasteiger partial charge in [0.1, 0.15) is 11.5 Å². The van der Waals surface area contributed by atoms with Gasteiger partial charge in [-0.05, 0) is 67.5 Å². The number of carbonyl (C=O) groups excluding carboxylic acids is 2. The first kappa shape index (κ1) is 19.4. The SMILES string of the molecule is Cc1cccc(N2C(=O)C(c3ccc(F)cc3)=C(N3CCC(C)CC3)C2=O)c1C. The normalized spacial score (nSPS) is 18.2. The van der Waals surface area contributed by atoms with Crippen LogP contribution in [0.2, 0.25) is 0 Å². The van der Waals surface area contributed by atoms with E-state index in [9.17, 15) is 14.0 Å². The number of amides is 2. The number of benzene rings is 2. The van der Waals surface area contributed by atoms with Crippen LogP contribution in [0.3, 0.4) is 0 Å². The molecule has 2 amide bonds. The molecule has 0 atom stereocenters. The third kappa shape index (κ3) is 3.35. The van der Waals surface area contributed by atoms with Crippen molar-refractivity contribution in [3.63, 3.8) is 0 Å². The molecule has 2 aromatic rings. The highest BCUT2D eigenvalue weighted by atomic mass is 19.1. The third-order valence-electron chi connectivity index (χ3n) is 6.11. The summed E-state index contributed by atoms with van der Waals surface area (Å²) in [5.41, 5.74) is 3.92. The molecular formula is C24H25FN2O2. The Bertz CT molecular complexity index is 1000. The van der Waals surface area contributed by atoms with Crippen LogP contribution in [0.4, 0.5) is 10.1 Å². The van der Waals surface area contributed by atoms with Crippen LogP contribution in [0, 0.1) is 25.6 Å². The number of imide groups is 1. The molecule has 0 bridgehead atoms. The van der Waals surface area contributed by atoms with E-state index >= 15 is 0 Å². The van der Waals surface area contributed by atoms with Crippen LogP contribution in [0.5, 0.6) is 0 Å². The summed E-state index contributed by atoms with van der Waals surface area (Å²) in [6.45, 7) is 7.56. The van der Waals surface area contributed by atoms with Gasteiger partial charge in [0.2, 0.25) is 0 Å². The molecule has 0 radical (unpaired) electrons. The van der Waals surface area contributed by atoms with Crippen molar-refractivity contribution in [1.29, 1.82) is 0 Å². The zero-order valence-corrected chi connectivity index (χ0v) is 17.0. The van der Waals surface area contributed by atoms with Gasteiger partial charge >= 0.3 is 0 Å². The number of rotatable bonds is 3. The maximum Gasteiger partial charge on any atom is 0.282 e. The molecule has 5 heteroatoms. The number of likely N-dealkylation sites (tertiary alicyclic amines) is 1. The van der Waals surface area contributed by atoms with E-state index in [0.29, 0.717) is 28.4 Å². The van der Waals surface area contributed by atoms with E-state index in [1.54, 1.807) is 12.1 Å². The van der Waals surface area contributed by atoms with E-state index in [0.717, 1.165) is 37.1 Å². The lowest BCUT2D eigenvalue weighted by Crippen LogP contribution is -2.38. The molecule has 29 heavy (non-hydrogen) atoms. The van der Waals surface area contributed by atoms with Gasteiger partial charge in [0.15, 0.2) is 0 Å². The average molecular weight is 392 g/mol. The second-order valence-electron chi connectivity index (χ2n) is 8.06. The molecule has 4 rings (SSSR count). The summed E-state index contributed by atoms with van der Waals surface area (Å²) < 4.78 is 13.5. The van der Waals surface area contributed by atoms with Gasteiger partial charge in [0, 0.05) is 13.1 Å². The summed E-state index contributed by atoms with van der Waals surface area (Å²) in [6.07, 6.45) is 1.95. The summed E-state index contributed by atoms with van der Waals surface area (Å²) in [6, 6.07) is 11.4. The second-order valence-corrected chi connectivity index (χ2v) is 8.06. The summed E-state index contributed by atoms with van der Waals surface area (Å²) >= 11 is 0. The van der Waals surface area contributed by atoms with Gasteiger partial charge in [0.25, 0.3) is 11.8 Å². The number of anilines is 1. The molecule has 4 nitrogen and oxygen atoms in total. The van der Waals surface area contributed by atoms with Gasteiger partial charge in [-0.2, -0.15) is 0 Å². The lowest BCUT2D eigenvalue weighted by Gasteiger charge is -2.32. The predicted molar refractivity (Wildman–Crippen MR) is 112 cm³/mol. The number of carbonyl (C=O) groups is 2. The van der Waals surface area contributed by atoms with Gasteiger partial charge in [-0.3, -0.25) is 9.59 Å². The van der Waals surface area contributed by atoms with E-state index in [1.807, 2.05) is 36.9 Å². The largest absolute Gasteiger partial charge is 0.366 e. The molecule has 2 aliphatic heterocycles. The van der Waals surface area contributed by atoms with Crippen LogP contribution < -0.4 is 4.90 Å². The molecular weight excluding hydrogens is 367 g/mol. The van der Waals surface area contributed by atoms with Crippen molar-refractivity contribution in [3.05, 3.63) is 70.7 Å². The summed E-state index contributed by atoms with van der Waals surface area (Å²) in [7, 11) is 0. The molecule has 1 fully saturated rings. The standard InChI is InChI=1S/C24H25FN2O2/c1-15-11-13-26(14-12-15)22-21(18-7-9-19(25)10-8-18)23(28)27(24(22)29)20-6-4-5-16(2)17(20)3/h4-10,15H,11-14H2,1-3H3. The van der Waals surface area contributed by atoms with Crippen molar-refractivity contribution in [2.24, 2.45) is 5.92 Å². The second kappa shape index (κ2) is 7.47. The first-order valence-electron chi connectivity index (χ1n) is 10.1. The smallest absolute Gasteiger partial charge is 0.282 e. The lowest BCUT2D eigenvalue weighted by molar-refractivity contribution is -0.120. The molecule has 0 saturated carbocycles. The molecule has 0 unspecified atom stereocenters. The summed E-state index contributed by atoms with van der Waals surface area (Å²) in [5, 5.41) is 0.